The number of hydrogen-bond acceptors (Lipinski definition) is 2. The molecule has 128 valence electrons. The van der Waals surface area contributed by atoms with Crippen LogP contribution in [0.25, 0.3) is 0 Å². The summed E-state index contributed by atoms with van der Waals surface area (Å²) in [5.41, 5.74) is 7.41. The Balaban J connectivity index is 1.95. The van der Waals surface area contributed by atoms with Crippen LogP contribution < -0.4 is 0 Å². The van der Waals surface area contributed by atoms with Crippen LogP contribution in [-0.4, -0.2) is 10.7 Å². The lowest BCUT2D eigenvalue weighted by atomic mass is 9.87. The summed E-state index contributed by atoms with van der Waals surface area (Å²) in [5.74, 6) is 0. The Morgan fingerprint density at radius 1 is 0.833 bits per heavy atom. The summed E-state index contributed by atoms with van der Waals surface area (Å²) in [7, 11) is 0. The maximum atomic E-state index is 10.9. The van der Waals surface area contributed by atoms with E-state index in [1.54, 1.807) is 0 Å². The van der Waals surface area contributed by atoms with E-state index in [-0.39, 0.29) is 0 Å². The highest BCUT2D eigenvalue weighted by molar-refractivity contribution is 7.99. The predicted molar refractivity (Wildman–Crippen MR) is 105 cm³/mol. The highest BCUT2D eigenvalue weighted by Crippen LogP contribution is 2.54. The van der Waals surface area contributed by atoms with E-state index >= 15 is 0 Å². The van der Waals surface area contributed by atoms with Crippen molar-refractivity contribution >= 4 is 11.8 Å². The minimum atomic E-state index is -0.616. The van der Waals surface area contributed by atoms with Crippen molar-refractivity contribution in [2.24, 2.45) is 0 Å². The fourth-order valence-corrected chi connectivity index (χ4v) is 6.05. The standard InChI is InChI=1S/C22H28OS/c1-14-6-8-18(16(3)10-14)20-12-22(5,23)13-21(24-20)19-9-7-15(2)11-17(19)4/h6-11,20-21,23H,12-13H2,1-5H3/t20-,21-/m1/s1. The van der Waals surface area contributed by atoms with Crippen LogP contribution in [0.4, 0.5) is 0 Å². The van der Waals surface area contributed by atoms with Gasteiger partial charge in [-0.2, -0.15) is 0 Å². The van der Waals surface area contributed by atoms with Crippen LogP contribution in [-0.2, 0) is 0 Å². The molecule has 0 saturated carbocycles. The second-order valence-corrected chi connectivity index (χ2v) is 9.15. The molecule has 1 fully saturated rings. The van der Waals surface area contributed by atoms with Gasteiger partial charge >= 0.3 is 0 Å². The van der Waals surface area contributed by atoms with Crippen LogP contribution in [0.15, 0.2) is 36.4 Å². The first-order valence-corrected chi connectivity index (χ1v) is 9.71. The Morgan fingerprint density at radius 3 is 1.62 bits per heavy atom. The number of benzene rings is 2. The first-order chi connectivity index (χ1) is 11.2. The second kappa shape index (κ2) is 6.57. The summed E-state index contributed by atoms with van der Waals surface area (Å²) in [6.07, 6.45) is 1.64. The van der Waals surface area contributed by atoms with Crippen LogP contribution in [0.5, 0.6) is 0 Å². The van der Waals surface area contributed by atoms with Crippen LogP contribution in [0.1, 0.15) is 63.6 Å². The Labute approximate surface area is 150 Å². The molecule has 2 aromatic rings. The number of rotatable bonds is 2. The van der Waals surface area contributed by atoms with Gasteiger partial charge in [0.25, 0.3) is 0 Å². The molecule has 24 heavy (non-hydrogen) atoms. The number of aryl methyl sites for hydroxylation is 4. The topological polar surface area (TPSA) is 20.2 Å². The van der Waals surface area contributed by atoms with Gasteiger partial charge in [0.05, 0.1) is 5.60 Å². The monoisotopic (exact) mass is 340 g/mol. The molecule has 1 nitrogen and oxygen atoms in total. The highest BCUT2D eigenvalue weighted by Gasteiger charge is 2.38. The van der Waals surface area contributed by atoms with Gasteiger partial charge in [0.2, 0.25) is 0 Å². The molecule has 2 heteroatoms. The van der Waals surface area contributed by atoms with Crippen molar-refractivity contribution in [3.05, 3.63) is 69.8 Å². The van der Waals surface area contributed by atoms with Gasteiger partial charge in [-0.05, 0) is 69.7 Å². The highest BCUT2D eigenvalue weighted by atomic mass is 32.2. The van der Waals surface area contributed by atoms with Crippen molar-refractivity contribution < 1.29 is 5.11 Å². The molecule has 2 atom stereocenters. The fraction of sp³-hybridized carbons (Fsp3) is 0.455. The van der Waals surface area contributed by atoms with E-state index in [9.17, 15) is 5.11 Å². The van der Waals surface area contributed by atoms with Crippen LogP contribution >= 0.6 is 11.8 Å². The third-order valence-corrected chi connectivity index (χ3v) is 6.62. The van der Waals surface area contributed by atoms with Gasteiger partial charge < -0.3 is 5.11 Å². The molecule has 0 bridgehead atoms. The van der Waals surface area contributed by atoms with Gasteiger partial charge in [-0.25, -0.2) is 0 Å². The molecule has 1 heterocycles. The first kappa shape index (κ1) is 17.6. The Morgan fingerprint density at radius 2 is 1.25 bits per heavy atom. The van der Waals surface area contributed by atoms with E-state index in [1.807, 2.05) is 18.7 Å². The molecule has 1 N–H and O–H groups in total. The van der Waals surface area contributed by atoms with Gasteiger partial charge in [0, 0.05) is 10.5 Å². The SMILES string of the molecule is Cc1ccc([C@H]2CC(C)(O)C[C@H](c3ccc(C)cc3C)S2)c(C)c1. The maximum Gasteiger partial charge on any atom is 0.0647 e. The van der Waals surface area contributed by atoms with E-state index < -0.39 is 5.60 Å². The van der Waals surface area contributed by atoms with Crippen molar-refractivity contribution in [3.63, 3.8) is 0 Å². The summed E-state index contributed by atoms with van der Waals surface area (Å²) < 4.78 is 0. The van der Waals surface area contributed by atoms with Gasteiger partial charge in [-0.1, -0.05) is 47.5 Å². The van der Waals surface area contributed by atoms with E-state index in [0.717, 1.165) is 12.8 Å². The van der Waals surface area contributed by atoms with E-state index in [2.05, 4.69) is 64.1 Å². The van der Waals surface area contributed by atoms with Crippen LogP contribution in [0.2, 0.25) is 0 Å². The molecule has 0 amide bonds. The molecule has 0 unspecified atom stereocenters. The quantitative estimate of drug-likeness (QED) is 0.725. The smallest absolute Gasteiger partial charge is 0.0647 e. The lowest BCUT2D eigenvalue weighted by Crippen LogP contribution is -2.32. The molecule has 1 aliphatic rings. The molecule has 1 saturated heterocycles. The fourth-order valence-electron chi connectivity index (χ4n) is 3.92. The summed E-state index contributed by atoms with van der Waals surface area (Å²) in [4.78, 5) is 0. The summed E-state index contributed by atoms with van der Waals surface area (Å²) in [6.45, 7) is 10.7. The summed E-state index contributed by atoms with van der Waals surface area (Å²) in [6, 6.07) is 13.4. The summed E-state index contributed by atoms with van der Waals surface area (Å²) >= 11 is 2.02. The minimum Gasteiger partial charge on any atom is -0.390 e. The van der Waals surface area contributed by atoms with Crippen molar-refractivity contribution in [2.45, 2.75) is 63.6 Å². The average molecular weight is 341 g/mol. The van der Waals surface area contributed by atoms with E-state index in [1.165, 1.54) is 33.4 Å². The van der Waals surface area contributed by atoms with E-state index in [0.29, 0.717) is 10.5 Å². The molecule has 0 radical (unpaired) electrons. The Hall–Kier alpha value is -1.25. The zero-order valence-corrected chi connectivity index (χ0v) is 16.2. The molecule has 0 aromatic heterocycles. The Bertz CT molecular complexity index is 686. The minimum absolute atomic E-state index is 0.347. The normalized spacial score (nSPS) is 27.2. The molecular formula is C22H28OS. The molecule has 0 spiro atoms. The van der Waals surface area contributed by atoms with Crippen molar-refractivity contribution in [3.8, 4) is 0 Å². The largest absolute Gasteiger partial charge is 0.390 e. The van der Waals surface area contributed by atoms with E-state index in [4.69, 9.17) is 0 Å². The molecule has 2 aromatic carbocycles. The zero-order valence-electron chi connectivity index (χ0n) is 15.4. The maximum absolute atomic E-state index is 10.9. The van der Waals surface area contributed by atoms with Gasteiger partial charge in [-0.3, -0.25) is 0 Å². The Kier molecular flexibility index (Phi) is 4.81. The van der Waals surface area contributed by atoms with Crippen LogP contribution in [0, 0.1) is 27.7 Å². The molecule has 3 rings (SSSR count). The molecular weight excluding hydrogens is 312 g/mol. The summed E-state index contributed by atoms with van der Waals surface area (Å²) in [5, 5.41) is 11.6. The van der Waals surface area contributed by atoms with Gasteiger partial charge in [0.1, 0.15) is 0 Å². The van der Waals surface area contributed by atoms with Gasteiger partial charge in [-0.15, -0.1) is 11.8 Å². The third-order valence-electron chi connectivity index (χ3n) is 5.12. The average Bonchev–Trinajstić information content (AvgIpc) is 2.45. The van der Waals surface area contributed by atoms with Crippen molar-refractivity contribution in [1.82, 2.24) is 0 Å². The number of thioether (sulfide) groups is 1. The lowest BCUT2D eigenvalue weighted by molar-refractivity contribution is 0.0364. The first-order valence-electron chi connectivity index (χ1n) is 8.77. The van der Waals surface area contributed by atoms with Gasteiger partial charge in [0.15, 0.2) is 0 Å². The van der Waals surface area contributed by atoms with Crippen LogP contribution in [0.3, 0.4) is 0 Å². The number of aliphatic hydroxyl groups is 1. The zero-order chi connectivity index (χ0) is 17.5. The predicted octanol–water partition coefficient (Wildman–Crippen LogP) is 5.98. The van der Waals surface area contributed by atoms with Crippen molar-refractivity contribution in [2.75, 3.05) is 0 Å². The molecule has 0 aliphatic carbocycles. The number of hydrogen-bond donors (Lipinski definition) is 1. The second-order valence-electron chi connectivity index (χ2n) is 7.74. The third kappa shape index (κ3) is 3.70. The van der Waals surface area contributed by atoms with Crippen molar-refractivity contribution in [1.29, 1.82) is 0 Å². The molecule has 1 aliphatic heterocycles. The lowest BCUT2D eigenvalue weighted by Gasteiger charge is -2.40.